The molecule has 1 fully saturated rings. The molecule has 114 valence electrons. The van der Waals surface area contributed by atoms with Gasteiger partial charge in [0.15, 0.2) is 5.69 Å². The van der Waals surface area contributed by atoms with E-state index in [0.29, 0.717) is 12.4 Å². The van der Waals surface area contributed by atoms with Crippen molar-refractivity contribution >= 4 is 17.4 Å². The Morgan fingerprint density at radius 1 is 1.18 bits per heavy atom. The van der Waals surface area contributed by atoms with E-state index in [2.05, 4.69) is 20.8 Å². The number of carbonyl (C=O) groups excluding carboxylic acids is 1. The van der Waals surface area contributed by atoms with Crippen LogP contribution in [0.4, 0.5) is 11.5 Å². The number of hydrogen-bond donors (Lipinski definition) is 2. The standard InChI is InChI=1S/C16H18N4O2/c21-16(18-12-5-2-1-3-6-12)14-8-9-15(20-19-14)17-11-13-7-4-10-22-13/h1-3,5-6,8-9,13H,4,7,10-11H2,(H,17,20)(H,18,21). The van der Waals surface area contributed by atoms with Crippen molar-refractivity contribution < 1.29 is 9.53 Å². The summed E-state index contributed by atoms with van der Waals surface area (Å²) in [5.74, 6) is 0.371. The van der Waals surface area contributed by atoms with E-state index in [-0.39, 0.29) is 17.7 Å². The molecule has 1 amide bonds. The molecule has 0 bridgehead atoms. The van der Waals surface area contributed by atoms with Crippen molar-refractivity contribution in [3.63, 3.8) is 0 Å². The minimum atomic E-state index is -0.274. The molecular formula is C16H18N4O2. The van der Waals surface area contributed by atoms with Gasteiger partial charge in [0.05, 0.1) is 6.10 Å². The molecular weight excluding hydrogens is 280 g/mol. The molecule has 1 aliphatic heterocycles. The maximum absolute atomic E-state index is 12.0. The molecule has 6 heteroatoms. The monoisotopic (exact) mass is 298 g/mol. The van der Waals surface area contributed by atoms with Gasteiger partial charge in [-0.1, -0.05) is 18.2 Å². The van der Waals surface area contributed by atoms with E-state index in [4.69, 9.17) is 4.74 Å². The molecule has 6 nitrogen and oxygen atoms in total. The lowest BCUT2D eigenvalue weighted by atomic mass is 10.2. The Bertz CT molecular complexity index is 610. The summed E-state index contributed by atoms with van der Waals surface area (Å²) < 4.78 is 5.53. The lowest BCUT2D eigenvalue weighted by Gasteiger charge is -2.10. The molecule has 0 radical (unpaired) electrons. The summed E-state index contributed by atoms with van der Waals surface area (Å²) in [5, 5.41) is 13.9. The van der Waals surface area contributed by atoms with Crippen molar-refractivity contribution in [3.8, 4) is 0 Å². The number of nitrogens with zero attached hydrogens (tertiary/aromatic N) is 2. The molecule has 0 saturated carbocycles. The normalized spacial score (nSPS) is 17.2. The predicted octanol–water partition coefficient (Wildman–Crippen LogP) is 2.32. The smallest absolute Gasteiger partial charge is 0.276 e. The fourth-order valence-corrected chi connectivity index (χ4v) is 2.29. The Labute approximate surface area is 128 Å². The Hall–Kier alpha value is -2.47. The summed E-state index contributed by atoms with van der Waals surface area (Å²) in [5.41, 5.74) is 1.02. The van der Waals surface area contributed by atoms with Gasteiger partial charge in [0.25, 0.3) is 5.91 Å². The zero-order valence-electron chi connectivity index (χ0n) is 12.2. The van der Waals surface area contributed by atoms with E-state index in [9.17, 15) is 4.79 Å². The third-order valence-electron chi connectivity index (χ3n) is 3.46. The maximum atomic E-state index is 12.0. The Morgan fingerprint density at radius 3 is 2.73 bits per heavy atom. The molecule has 0 spiro atoms. The summed E-state index contributed by atoms with van der Waals surface area (Å²) >= 11 is 0. The highest BCUT2D eigenvalue weighted by Crippen LogP contribution is 2.13. The number of hydrogen-bond acceptors (Lipinski definition) is 5. The van der Waals surface area contributed by atoms with Gasteiger partial charge in [-0.25, -0.2) is 0 Å². The first-order valence-electron chi connectivity index (χ1n) is 7.37. The first kappa shape index (κ1) is 14.5. The fraction of sp³-hybridized carbons (Fsp3) is 0.312. The van der Waals surface area contributed by atoms with Crippen molar-refractivity contribution in [3.05, 3.63) is 48.2 Å². The first-order chi connectivity index (χ1) is 10.8. The predicted molar refractivity (Wildman–Crippen MR) is 83.9 cm³/mol. The van der Waals surface area contributed by atoms with Crippen LogP contribution >= 0.6 is 0 Å². The average molecular weight is 298 g/mol. The van der Waals surface area contributed by atoms with Crippen LogP contribution in [0.3, 0.4) is 0 Å². The van der Waals surface area contributed by atoms with Gasteiger partial charge in [0.1, 0.15) is 5.82 Å². The number of rotatable bonds is 5. The SMILES string of the molecule is O=C(Nc1ccccc1)c1ccc(NCC2CCCO2)nn1. The van der Waals surface area contributed by atoms with Crippen LogP contribution < -0.4 is 10.6 Å². The summed E-state index contributed by atoms with van der Waals surface area (Å²) in [6, 6.07) is 12.7. The highest BCUT2D eigenvalue weighted by atomic mass is 16.5. The third kappa shape index (κ3) is 3.79. The van der Waals surface area contributed by atoms with Gasteiger partial charge in [0, 0.05) is 18.8 Å². The molecule has 1 atom stereocenters. The number of aromatic nitrogens is 2. The van der Waals surface area contributed by atoms with Crippen molar-refractivity contribution in [2.75, 3.05) is 23.8 Å². The molecule has 22 heavy (non-hydrogen) atoms. The first-order valence-corrected chi connectivity index (χ1v) is 7.37. The van der Waals surface area contributed by atoms with E-state index in [0.717, 1.165) is 25.1 Å². The molecule has 2 aromatic rings. The molecule has 1 saturated heterocycles. The van der Waals surface area contributed by atoms with Crippen molar-refractivity contribution in [1.82, 2.24) is 10.2 Å². The molecule has 2 heterocycles. The van der Waals surface area contributed by atoms with E-state index in [1.807, 2.05) is 30.3 Å². The minimum Gasteiger partial charge on any atom is -0.376 e. The second-order valence-corrected chi connectivity index (χ2v) is 5.14. The highest BCUT2D eigenvalue weighted by molar-refractivity contribution is 6.02. The number of anilines is 2. The number of ether oxygens (including phenoxy) is 1. The topological polar surface area (TPSA) is 76.1 Å². The zero-order valence-corrected chi connectivity index (χ0v) is 12.2. The fourth-order valence-electron chi connectivity index (χ4n) is 2.29. The van der Waals surface area contributed by atoms with Gasteiger partial charge >= 0.3 is 0 Å². The van der Waals surface area contributed by atoms with E-state index in [1.54, 1.807) is 12.1 Å². The van der Waals surface area contributed by atoms with Crippen molar-refractivity contribution in [1.29, 1.82) is 0 Å². The van der Waals surface area contributed by atoms with E-state index < -0.39 is 0 Å². The number of amides is 1. The van der Waals surface area contributed by atoms with Crippen LogP contribution in [0.25, 0.3) is 0 Å². The number of carbonyl (C=O) groups is 1. The second-order valence-electron chi connectivity index (χ2n) is 5.14. The van der Waals surface area contributed by atoms with Gasteiger partial charge < -0.3 is 15.4 Å². The van der Waals surface area contributed by atoms with Gasteiger partial charge in [0.2, 0.25) is 0 Å². The summed E-state index contributed by atoms with van der Waals surface area (Å²) in [6.45, 7) is 1.54. The molecule has 1 aromatic carbocycles. The van der Waals surface area contributed by atoms with Gasteiger partial charge in [-0.15, -0.1) is 10.2 Å². The third-order valence-corrected chi connectivity index (χ3v) is 3.46. The number of benzene rings is 1. The number of nitrogens with one attached hydrogen (secondary N) is 2. The van der Waals surface area contributed by atoms with Crippen molar-refractivity contribution in [2.24, 2.45) is 0 Å². The van der Waals surface area contributed by atoms with Gasteiger partial charge in [-0.05, 0) is 37.1 Å². The molecule has 2 N–H and O–H groups in total. The van der Waals surface area contributed by atoms with Crippen LogP contribution in [0.5, 0.6) is 0 Å². The maximum Gasteiger partial charge on any atom is 0.276 e. The quantitative estimate of drug-likeness (QED) is 0.886. The van der Waals surface area contributed by atoms with Crippen LogP contribution in [0.1, 0.15) is 23.3 Å². The molecule has 1 unspecified atom stereocenters. The zero-order chi connectivity index (χ0) is 15.2. The van der Waals surface area contributed by atoms with Gasteiger partial charge in [-0.3, -0.25) is 4.79 Å². The second kappa shape index (κ2) is 7.00. The van der Waals surface area contributed by atoms with Crippen LogP contribution in [0.15, 0.2) is 42.5 Å². The average Bonchev–Trinajstić information content (AvgIpc) is 3.08. The minimum absolute atomic E-state index is 0.239. The molecule has 1 aliphatic rings. The van der Waals surface area contributed by atoms with Crippen LogP contribution in [0.2, 0.25) is 0 Å². The summed E-state index contributed by atoms with van der Waals surface area (Å²) in [6.07, 6.45) is 2.41. The van der Waals surface area contributed by atoms with Crippen LogP contribution in [0, 0.1) is 0 Å². The van der Waals surface area contributed by atoms with Crippen LogP contribution in [-0.2, 0) is 4.74 Å². The Kier molecular flexibility index (Phi) is 4.60. The number of para-hydroxylation sites is 1. The van der Waals surface area contributed by atoms with Crippen molar-refractivity contribution in [2.45, 2.75) is 18.9 Å². The summed E-state index contributed by atoms with van der Waals surface area (Å²) in [4.78, 5) is 12.0. The van der Waals surface area contributed by atoms with Gasteiger partial charge in [-0.2, -0.15) is 0 Å². The summed E-state index contributed by atoms with van der Waals surface area (Å²) in [7, 11) is 0. The Morgan fingerprint density at radius 2 is 2.05 bits per heavy atom. The molecule has 1 aromatic heterocycles. The van der Waals surface area contributed by atoms with E-state index in [1.165, 1.54) is 0 Å². The lowest BCUT2D eigenvalue weighted by Crippen LogP contribution is -2.20. The van der Waals surface area contributed by atoms with Crippen LogP contribution in [-0.4, -0.2) is 35.4 Å². The van der Waals surface area contributed by atoms with E-state index >= 15 is 0 Å². The largest absolute Gasteiger partial charge is 0.376 e. The molecule has 3 rings (SSSR count). The Balaban J connectivity index is 1.55. The lowest BCUT2D eigenvalue weighted by molar-refractivity contribution is 0.102. The molecule has 0 aliphatic carbocycles. The highest BCUT2D eigenvalue weighted by Gasteiger charge is 2.15.